The Bertz CT molecular complexity index is 1090. The number of thiophene rings is 1. The second kappa shape index (κ2) is 8.38. The van der Waals surface area contributed by atoms with Crippen LogP contribution in [0.4, 0.5) is 0 Å². The number of hydrogen-bond donors (Lipinski definition) is 0. The molecule has 0 radical (unpaired) electrons. The minimum absolute atomic E-state index is 0.175. The molecule has 0 saturated carbocycles. The van der Waals surface area contributed by atoms with Crippen LogP contribution in [-0.2, 0) is 22.9 Å². The molecule has 0 amide bonds. The van der Waals surface area contributed by atoms with Crippen molar-refractivity contribution in [2.45, 2.75) is 43.7 Å². The van der Waals surface area contributed by atoms with Gasteiger partial charge in [-0.25, -0.2) is 8.42 Å². The first-order chi connectivity index (χ1) is 14.0. The van der Waals surface area contributed by atoms with Gasteiger partial charge < -0.3 is 4.52 Å². The van der Waals surface area contributed by atoms with Crippen molar-refractivity contribution in [3.63, 3.8) is 0 Å². The number of nitrogens with zero attached hydrogens (tertiary/aromatic N) is 3. The van der Waals surface area contributed by atoms with E-state index in [0.717, 1.165) is 35.3 Å². The third kappa shape index (κ3) is 4.29. The van der Waals surface area contributed by atoms with E-state index < -0.39 is 10.0 Å². The van der Waals surface area contributed by atoms with Crippen LogP contribution in [0.25, 0.3) is 11.4 Å². The lowest BCUT2D eigenvalue weighted by atomic mass is 9.96. The van der Waals surface area contributed by atoms with E-state index in [0.29, 0.717) is 35.4 Å². The lowest BCUT2D eigenvalue weighted by molar-refractivity contribution is 0.247. The molecule has 2 aromatic heterocycles. The van der Waals surface area contributed by atoms with Crippen LogP contribution in [0.3, 0.4) is 0 Å². The Balaban J connectivity index is 1.46. The summed E-state index contributed by atoms with van der Waals surface area (Å²) in [6, 6.07) is 11.6. The molecule has 1 aliphatic heterocycles. The van der Waals surface area contributed by atoms with Crippen LogP contribution < -0.4 is 0 Å². The highest BCUT2D eigenvalue weighted by Crippen LogP contribution is 2.30. The van der Waals surface area contributed by atoms with Gasteiger partial charge in [-0.15, -0.1) is 11.3 Å². The Labute approximate surface area is 175 Å². The fourth-order valence-corrected chi connectivity index (χ4v) is 6.75. The molecule has 6 nitrogen and oxygen atoms in total. The fraction of sp³-hybridized carbons (Fsp3) is 0.429. The average Bonchev–Trinajstić information content (AvgIpc) is 3.38. The zero-order valence-corrected chi connectivity index (χ0v) is 18.3. The van der Waals surface area contributed by atoms with Gasteiger partial charge in [-0.2, -0.15) is 9.29 Å². The summed E-state index contributed by atoms with van der Waals surface area (Å²) in [7, 11) is -3.43. The summed E-state index contributed by atoms with van der Waals surface area (Å²) in [6.07, 6.45) is 3.24. The van der Waals surface area contributed by atoms with Crippen molar-refractivity contribution in [3.05, 3.63) is 52.7 Å². The molecule has 29 heavy (non-hydrogen) atoms. The molecule has 0 bridgehead atoms. The Kier molecular flexibility index (Phi) is 5.85. The van der Waals surface area contributed by atoms with E-state index in [1.165, 1.54) is 11.3 Å². The number of benzene rings is 1. The van der Waals surface area contributed by atoms with E-state index >= 15 is 0 Å². The van der Waals surface area contributed by atoms with E-state index in [1.54, 1.807) is 10.4 Å². The molecular weight excluding hydrogens is 406 g/mol. The predicted octanol–water partition coefficient (Wildman–Crippen LogP) is 4.31. The maximum Gasteiger partial charge on any atom is 0.252 e. The first-order valence-electron chi connectivity index (χ1n) is 9.95. The summed E-state index contributed by atoms with van der Waals surface area (Å²) in [4.78, 5) is 5.64. The average molecular weight is 432 g/mol. The Hall–Kier alpha value is -2.03. The van der Waals surface area contributed by atoms with E-state index in [1.807, 2.05) is 44.2 Å². The molecule has 0 N–H and O–H groups in total. The van der Waals surface area contributed by atoms with E-state index in [-0.39, 0.29) is 5.92 Å². The van der Waals surface area contributed by atoms with Crippen LogP contribution >= 0.6 is 11.3 Å². The monoisotopic (exact) mass is 431 g/mol. The second-order valence-electron chi connectivity index (χ2n) is 7.48. The minimum Gasteiger partial charge on any atom is -0.339 e. The van der Waals surface area contributed by atoms with Crippen LogP contribution in [0.15, 0.2) is 45.1 Å². The second-order valence-corrected chi connectivity index (χ2v) is 10.8. The molecule has 4 rings (SSSR count). The zero-order chi connectivity index (χ0) is 20.4. The van der Waals surface area contributed by atoms with E-state index in [4.69, 9.17) is 4.52 Å². The first-order valence-corrected chi connectivity index (χ1v) is 12.2. The van der Waals surface area contributed by atoms with Gasteiger partial charge in [0.1, 0.15) is 4.21 Å². The highest BCUT2D eigenvalue weighted by Gasteiger charge is 2.32. The largest absolute Gasteiger partial charge is 0.339 e. The maximum absolute atomic E-state index is 13.0. The molecule has 1 atom stereocenters. The van der Waals surface area contributed by atoms with Crippen LogP contribution in [-0.4, -0.2) is 36.0 Å². The topological polar surface area (TPSA) is 76.3 Å². The van der Waals surface area contributed by atoms with Crippen molar-refractivity contribution in [3.8, 4) is 11.4 Å². The van der Waals surface area contributed by atoms with Gasteiger partial charge in [0.15, 0.2) is 0 Å². The summed E-state index contributed by atoms with van der Waals surface area (Å²) in [5.41, 5.74) is 2.05. The third-order valence-corrected chi connectivity index (χ3v) is 8.94. The number of aromatic nitrogens is 2. The van der Waals surface area contributed by atoms with Crippen LogP contribution in [0, 0.1) is 12.8 Å². The standard InChI is InChI=1S/C21H25N3O3S2/c1-3-17-10-11-20(28-17)29(25,26)24-12-6-8-16(14-24)13-19-22-21(23-27-19)18-9-5-4-7-15(18)2/h4-5,7,9-11,16H,3,6,8,12-14H2,1-2H3/t16-/m0/s1. The Morgan fingerprint density at radius 2 is 2.07 bits per heavy atom. The summed E-state index contributed by atoms with van der Waals surface area (Å²) < 4.78 is 33.6. The third-order valence-electron chi connectivity index (χ3n) is 5.38. The Morgan fingerprint density at radius 3 is 2.83 bits per heavy atom. The van der Waals surface area contributed by atoms with Gasteiger partial charge in [-0.05, 0) is 49.8 Å². The number of hydrogen-bond acceptors (Lipinski definition) is 6. The smallest absolute Gasteiger partial charge is 0.252 e. The van der Waals surface area contributed by atoms with Crippen molar-refractivity contribution in [2.24, 2.45) is 5.92 Å². The molecular formula is C21H25N3O3S2. The van der Waals surface area contributed by atoms with Crippen molar-refractivity contribution < 1.29 is 12.9 Å². The van der Waals surface area contributed by atoms with Crippen LogP contribution in [0.1, 0.15) is 36.1 Å². The Morgan fingerprint density at radius 1 is 1.24 bits per heavy atom. The highest BCUT2D eigenvalue weighted by atomic mass is 32.2. The predicted molar refractivity (Wildman–Crippen MR) is 113 cm³/mol. The zero-order valence-electron chi connectivity index (χ0n) is 16.7. The highest BCUT2D eigenvalue weighted by molar-refractivity contribution is 7.91. The van der Waals surface area contributed by atoms with Gasteiger partial charge in [0.25, 0.3) is 10.0 Å². The van der Waals surface area contributed by atoms with Crippen molar-refractivity contribution >= 4 is 21.4 Å². The lowest BCUT2D eigenvalue weighted by Gasteiger charge is -2.30. The molecule has 0 spiro atoms. The first kappa shape index (κ1) is 20.3. The van der Waals surface area contributed by atoms with Gasteiger partial charge >= 0.3 is 0 Å². The molecule has 1 fully saturated rings. The molecule has 1 aromatic carbocycles. The van der Waals surface area contributed by atoms with Crippen LogP contribution in [0.2, 0.25) is 0 Å². The summed E-state index contributed by atoms with van der Waals surface area (Å²) >= 11 is 1.37. The number of piperidine rings is 1. The van der Waals surface area contributed by atoms with Crippen molar-refractivity contribution in [2.75, 3.05) is 13.1 Å². The summed E-state index contributed by atoms with van der Waals surface area (Å²) in [6.45, 7) is 5.11. The quantitative estimate of drug-likeness (QED) is 0.581. The maximum atomic E-state index is 13.0. The molecule has 3 aromatic rings. The molecule has 1 saturated heterocycles. The number of aryl methyl sites for hydroxylation is 2. The van der Waals surface area contributed by atoms with Crippen molar-refractivity contribution in [1.82, 2.24) is 14.4 Å². The van der Waals surface area contributed by atoms with Gasteiger partial charge in [0.05, 0.1) is 0 Å². The van der Waals surface area contributed by atoms with Crippen LogP contribution in [0.5, 0.6) is 0 Å². The molecule has 0 unspecified atom stereocenters. The van der Waals surface area contributed by atoms with Gasteiger partial charge in [0.2, 0.25) is 11.7 Å². The van der Waals surface area contributed by atoms with Gasteiger partial charge in [-0.1, -0.05) is 36.3 Å². The molecule has 8 heteroatoms. The minimum atomic E-state index is -3.43. The van der Waals surface area contributed by atoms with Gasteiger partial charge in [-0.3, -0.25) is 0 Å². The lowest BCUT2D eigenvalue weighted by Crippen LogP contribution is -2.40. The molecule has 154 valence electrons. The summed E-state index contributed by atoms with van der Waals surface area (Å²) in [5, 5.41) is 4.12. The molecule has 1 aliphatic rings. The van der Waals surface area contributed by atoms with Gasteiger partial charge in [0, 0.05) is 30.0 Å². The van der Waals surface area contributed by atoms with E-state index in [9.17, 15) is 8.42 Å². The summed E-state index contributed by atoms with van der Waals surface area (Å²) in [5.74, 6) is 1.33. The van der Waals surface area contributed by atoms with Crippen molar-refractivity contribution in [1.29, 1.82) is 0 Å². The van der Waals surface area contributed by atoms with E-state index in [2.05, 4.69) is 10.1 Å². The normalized spacial score (nSPS) is 18.2. The SMILES string of the molecule is CCc1ccc(S(=O)(=O)N2CCC[C@@H](Cc3nc(-c4ccccc4C)no3)C2)s1. The molecule has 3 heterocycles. The fourth-order valence-electron chi connectivity index (χ4n) is 3.74. The molecule has 0 aliphatic carbocycles. The number of rotatable bonds is 6. The number of sulfonamides is 1.